The van der Waals surface area contributed by atoms with Crippen LogP contribution in [0.15, 0.2) is 53.4 Å². The van der Waals surface area contributed by atoms with Crippen LogP contribution < -0.4 is 4.90 Å². The zero-order valence-corrected chi connectivity index (χ0v) is 17.8. The number of halogens is 1. The van der Waals surface area contributed by atoms with Crippen LogP contribution in [-0.2, 0) is 16.3 Å². The third-order valence-electron chi connectivity index (χ3n) is 6.30. The van der Waals surface area contributed by atoms with Crippen molar-refractivity contribution in [1.29, 1.82) is 5.26 Å². The van der Waals surface area contributed by atoms with Gasteiger partial charge in [0.15, 0.2) is 0 Å². The summed E-state index contributed by atoms with van der Waals surface area (Å²) in [7, 11) is 0. The molecule has 2 aromatic rings. The topological polar surface area (TPSA) is 84.7 Å². The van der Waals surface area contributed by atoms with Crippen LogP contribution >= 0.6 is 11.8 Å². The number of nitrogens with zero attached hydrogens (tertiary/aromatic N) is 4. The molecule has 3 fully saturated rings. The average molecular weight is 450 g/mol. The number of carbonyl (C=O) groups is 3. The lowest BCUT2D eigenvalue weighted by molar-refractivity contribution is -0.133. The highest BCUT2D eigenvalue weighted by Gasteiger charge is 2.62. The number of nitriles is 1. The molecule has 4 amide bonds. The molecular formula is C23H19FN4O3S. The first kappa shape index (κ1) is 20.5. The number of hydrogen-bond acceptors (Lipinski definition) is 5. The molecule has 3 heterocycles. The van der Waals surface area contributed by atoms with Crippen LogP contribution in [0.2, 0.25) is 0 Å². The zero-order valence-electron chi connectivity index (χ0n) is 17.0. The Morgan fingerprint density at radius 1 is 1.19 bits per heavy atom. The summed E-state index contributed by atoms with van der Waals surface area (Å²) in [5.74, 6) is -0.200. The van der Waals surface area contributed by atoms with E-state index in [9.17, 15) is 18.8 Å². The van der Waals surface area contributed by atoms with Gasteiger partial charge in [0, 0.05) is 17.0 Å². The van der Waals surface area contributed by atoms with E-state index in [0.717, 1.165) is 9.80 Å². The summed E-state index contributed by atoms with van der Waals surface area (Å²) in [6.45, 7) is -0.460. The van der Waals surface area contributed by atoms with Crippen molar-refractivity contribution >= 4 is 35.3 Å². The molecule has 0 spiro atoms. The first-order valence-electron chi connectivity index (χ1n) is 10.3. The number of urea groups is 1. The molecule has 7 nitrogen and oxygen atoms in total. The summed E-state index contributed by atoms with van der Waals surface area (Å²) < 4.78 is 13.3. The summed E-state index contributed by atoms with van der Waals surface area (Å²) in [6.07, 6.45) is 0.584. The van der Waals surface area contributed by atoms with Gasteiger partial charge < -0.3 is 9.80 Å². The average Bonchev–Trinajstić information content (AvgIpc) is 3.49. The number of alkyl halides is 1. The van der Waals surface area contributed by atoms with E-state index in [1.807, 2.05) is 36.4 Å². The maximum atomic E-state index is 13.3. The van der Waals surface area contributed by atoms with Crippen LogP contribution in [0.3, 0.4) is 0 Å². The summed E-state index contributed by atoms with van der Waals surface area (Å²) in [6, 6.07) is 14.1. The van der Waals surface area contributed by atoms with Gasteiger partial charge in [-0.1, -0.05) is 18.2 Å². The van der Waals surface area contributed by atoms with Gasteiger partial charge in [0.1, 0.15) is 12.7 Å². The molecule has 32 heavy (non-hydrogen) atoms. The zero-order chi connectivity index (χ0) is 22.4. The normalized spacial score (nSPS) is 23.6. The third-order valence-corrected chi connectivity index (χ3v) is 7.30. The Morgan fingerprint density at radius 3 is 2.69 bits per heavy atom. The van der Waals surface area contributed by atoms with Crippen LogP contribution in [0.4, 0.5) is 14.9 Å². The number of amides is 4. The lowest BCUT2D eigenvalue weighted by Gasteiger charge is -2.34. The molecule has 0 N–H and O–H groups in total. The number of carbonyl (C=O) groups excluding carboxylic acids is 3. The summed E-state index contributed by atoms with van der Waals surface area (Å²) in [4.78, 5) is 44.6. The number of piperazine rings is 1. The Bertz CT molecular complexity index is 1150. The second kappa shape index (κ2) is 7.95. The van der Waals surface area contributed by atoms with Gasteiger partial charge in [-0.15, -0.1) is 11.8 Å². The molecule has 9 heteroatoms. The Balaban J connectivity index is 1.35. The smallest absolute Gasteiger partial charge is 0.332 e. The van der Waals surface area contributed by atoms with Crippen molar-refractivity contribution in [3.05, 3.63) is 59.7 Å². The number of thioether (sulfide) groups is 1. The van der Waals surface area contributed by atoms with Crippen LogP contribution in [-0.4, -0.2) is 58.1 Å². The molecule has 3 atom stereocenters. The van der Waals surface area contributed by atoms with Crippen molar-refractivity contribution < 1.29 is 18.8 Å². The fourth-order valence-electron chi connectivity index (χ4n) is 4.87. The molecule has 5 rings (SSSR count). The molecule has 0 radical (unpaired) electrons. The van der Waals surface area contributed by atoms with Gasteiger partial charge in [0.25, 0.3) is 5.91 Å². The fourth-order valence-corrected chi connectivity index (χ4v) is 5.67. The summed E-state index contributed by atoms with van der Waals surface area (Å²) >= 11 is 1.45. The van der Waals surface area contributed by atoms with Crippen LogP contribution in [0.5, 0.6) is 0 Å². The van der Waals surface area contributed by atoms with E-state index in [-0.39, 0.29) is 40.6 Å². The van der Waals surface area contributed by atoms with Gasteiger partial charge in [-0.2, -0.15) is 5.26 Å². The van der Waals surface area contributed by atoms with Crippen LogP contribution in [0, 0.1) is 11.3 Å². The molecule has 3 saturated heterocycles. The van der Waals surface area contributed by atoms with Crippen molar-refractivity contribution in [2.24, 2.45) is 0 Å². The lowest BCUT2D eigenvalue weighted by atomic mass is 10.1. The molecule has 3 aliphatic rings. The quantitative estimate of drug-likeness (QED) is 0.517. The highest BCUT2D eigenvalue weighted by Crippen LogP contribution is 2.42. The molecule has 3 aliphatic heterocycles. The van der Waals surface area contributed by atoms with Crippen molar-refractivity contribution in [1.82, 2.24) is 9.80 Å². The van der Waals surface area contributed by atoms with E-state index < -0.39 is 24.7 Å². The number of anilines is 1. The van der Waals surface area contributed by atoms with E-state index in [4.69, 9.17) is 5.26 Å². The molecule has 0 aromatic heterocycles. The van der Waals surface area contributed by atoms with Gasteiger partial charge in [-0.25, -0.2) is 14.1 Å². The SMILES string of the molecule is N#Cc1ccc(N2C(=O)[C@@H]3C4CC(CN4C(=O)CSc4ccccc4)N3C2=O)cc1CF. The van der Waals surface area contributed by atoms with Gasteiger partial charge in [0.05, 0.1) is 35.2 Å². The summed E-state index contributed by atoms with van der Waals surface area (Å²) in [5, 5.41) is 9.10. The Kier molecular flexibility index (Phi) is 5.10. The van der Waals surface area contributed by atoms with Crippen LogP contribution in [0.1, 0.15) is 17.5 Å². The molecule has 2 bridgehead atoms. The van der Waals surface area contributed by atoms with Gasteiger partial charge in [-0.3, -0.25) is 9.59 Å². The molecule has 2 aromatic carbocycles. The number of benzene rings is 2. The predicted octanol–water partition coefficient (Wildman–Crippen LogP) is 2.94. The predicted molar refractivity (Wildman–Crippen MR) is 116 cm³/mol. The Labute approximate surface area is 188 Å². The largest absolute Gasteiger partial charge is 0.334 e. The minimum absolute atomic E-state index is 0.0530. The van der Waals surface area contributed by atoms with Crippen molar-refractivity contribution in [3.63, 3.8) is 0 Å². The fraction of sp³-hybridized carbons (Fsp3) is 0.304. The third kappa shape index (κ3) is 3.14. The molecule has 162 valence electrons. The van der Waals surface area contributed by atoms with E-state index >= 15 is 0 Å². The Morgan fingerprint density at radius 2 is 1.97 bits per heavy atom. The minimum atomic E-state index is -0.868. The van der Waals surface area contributed by atoms with Crippen molar-refractivity contribution in [2.45, 2.75) is 36.1 Å². The maximum absolute atomic E-state index is 13.3. The lowest BCUT2D eigenvalue weighted by Crippen LogP contribution is -2.55. The first-order chi connectivity index (χ1) is 15.5. The van der Waals surface area contributed by atoms with Crippen molar-refractivity contribution in [2.75, 3.05) is 17.2 Å². The number of fused-ring (bicyclic) bond motifs is 5. The molecular weight excluding hydrogens is 431 g/mol. The first-order valence-corrected chi connectivity index (χ1v) is 11.2. The highest BCUT2D eigenvalue weighted by molar-refractivity contribution is 8.00. The van der Waals surface area contributed by atoms with Crippen LogP contribution in [0.25, 0.3) is 0 Å². The Hall–Kier alpha value is -3.38. The number of hydrogen-bond donors (Lipinski definition) is 0. The second-order valence-electron chi connectivity index (χ2n) is 8.00. The van der Waals surface area contributed by atoms with Gasteiger partial charge in [0.2, 0.25) is 5.91 Å². The molecule has 2 unspecified atom stereocenters. The maximum Gasteiger partial charge on any atom is 0.332 e. The van der Waals surface area contributed by atoms with E-state index in [1.165, 1.54) is 30.0 Å². The highest BCUT2D eigenvalue weighted by atomic mass is 32.2. The summed E-state index contributed by atoms with van der Waals surface area (Å²) in [5.41, 5.74) is 0.553. The number of likely N-dealkylation sites (tertiary alicyclic amines) is 1. The molecule has 0 aliphatic carbocycles. The number of imide groups is 1. The van der Waals surface area contributed by atoms with E-state index in [0.29, 0.717) is 13.0 Å². The van der Waals surface area contributed by atoms with Gasteiger partial charge >= 0.3 is 6.03 Å². The standard InChI is InChI=1S/C23H19FN4O3S/c24-10-15-8-16(7-6-14(15)11-25)28-22(30)21-19-9-17(27(21)23(28)31)12-26(19)20(29)13-32-18-4-2-1-3-5-18/h1-8,17,19,21H,9-10,12-13H2/t17?,19?,21-/m0/s1. The van der Waals surface area contributed by atoms with Gasteiger partial charge in [-0.05, 0) is 36.8 Å². The van der Waals surface area contributed by atoms with E-state index in [1.54, 1.807) is 9.80 Å². The van der Waals surface area contributed by atoms with Crippen molar-refractivity contribution in [3.8, 4) is 6.07 Å². The molecule has 0 saturated carbocycles. The monoisotopic (exact) mass is 450 g/mol. The second-order valence-corrected chi connectivity index (χ2v) is 9.05. The number of rotatable bonds is 5. The van der Waals surface area contributed by atoms with E-state index in [2.05, 4.69) is 0 Å². The minimum Gasteiger partial charge on any atom is -0.334 e.